The zero-order valence-electron chi connectivity index (χ0n) is 7.29. The van der Waals surface area contributed by atoms with E-state index in [4.69, 9.17) is 10.2 Å². The highest BCUT2D eigenvalue weighted by Crippen LogP contribution is 2.21. The van der Waals surface area contributed by atoms with Gasteiger partial charge in [0.25, 0.3) is 0 Å². The van der Waals surface area contributed by atoms with Crippen molar-refractivity contribution in [1.82, 2.24) is 5.32 Å². The number of furan rings is 1. The van der Waals surface area contributed by atoms with Crippen molar-refractivity contribution in [3.63, 3.8) is 0 Å². The first-order chi connectivity index (χ1) is 6.25. The van der Waals surface area contributed by atoms with Gasteiger partial charge >= 0.3 is 0 Å². The molecule has 1 saturated carbocycles. The number of rotatable bonds is 4. The molecule has 0 saturated heterocycles. The van der Waals surface area contributed by atoms with Gasteiger partial charge in [0.2, 0.25) is 0 Å². The second kappa shape index (κ2) is 3.82. The molecular weight excluding hydrogens is 232 g/mol. The molecule has 1 heterocycles. The second-order valence-corrected chi connectivity index (χ2v) is 4.21. The van der Waals surface area contributed by atoms with Crippen molar-refractivity contribution in [1.29, 1.82) is 0 Å². The van der Waals surface area contributed by atoms with Gasteiger partial charge < -0.3 is 15.5 Å². The van der Waals surface area contributed by atoms with Crippen LogP contribution in [0.1, 0.15) is 24.6 Å². The molecule has 1 unspecified atom stereocenters. The van der Waals surface area contributed by atoms with Crippen LogP contribution in [-0.4, -0.2) is 12.6 Å². The van der Waals surface area contributed by atoms with E-state index >= 15 is 0 Å². The summed E-state index contributed by atoms with van der Waals surface area (Å²) in [5.74, 6) is 0.833. The van der Waals surface area contributed by atoms with Gasteiger partial charge in [0.15, 0.2) is 4.67 Å². The van der Waals surface area contributed by atoms with Crippen LogP contribution in [0.25, 0.3) is 0 Å². The fourth-order valence-electron chi connectivity index (χ4n) is 1.21. The minimum absolute atomic E-state index is 0.0353. The SMILES string of the molecule is NC(CNC1CC1)c1ccc(Br)o1. The molecule has 0 radical (unpaired) electrons. The van der Waals surface area contributed by atoms with Crippen LogP contribution >= 0.6 is 15.9 Å². The topological polar surface area (TPSA) is 51.2 Å². The predicted octanol–water partition coefficient (Wildman–Crippen LogP) is 1.79. The maximum Gasteiger partial charge on any atom is 0.169 e. The summed E-state index contributed by atoms with van der Waals surface area (Å²) in [4.78, 5) is 0. The van der Waals surface area contributed by atoms with Gasteiger partial charge in [-0.15, -0.1) is 0 Å². The van der Waals surface area contributed by atoms with E-state index in [2.05, 4.69) is 21.2 Å². The molecule has 1 aliphatic carbocycles. The quantitative estimate of drug-likeness (QED) is 0.850. The largest absolute Gasteiger partial charge is 0.453 e. The van der Waals surface area contributed by atoms with E-state index < -0.39 is 0 Å². The van der Waals surface area contributed by atoms with Crippen molar-refractivity contribution < 1.29 is 4.42 Å². The van der Waals surface area contributed by atoms with Gasteiger partial charge in [0.05, 0.1) is 6.04 Å². The predicted molar refractivity (Wildman–Crippen MR) is 54.4 cm³/mol. The lowest BCUT2D eigenvalue weighted by molar-refractivity contribution is 0.435. The minimum Gasteiger partial charge on any atom is -0.453 e. The van der Waals surface area contributed by atoms with E-state index in [0.717, 1.165) is 17.0 Å². The Bertz CT molecular complexity index is 283. The smallest absolute Gasteiger partial charge is 0.169 e. The average molecular weight is 245 g/mol. The first-order valence-corrected chi connectivity index (χ1v) is 5.29. The van der Waals surface area contributed by atoms with E-state index in [1.54, 1.807) is 0 Å². The molecule has 0 aromatic carbocycles. The first-order valence-electron chi connectivity index (χ1n) is 4.50. The lowest BCUT2D eigenvalue weighted by atomic mass is 10.2. The van der Waals surface area contributed by atoms with Crippen LogP contribution in [0, 0.1) is 0 Å². The highest BCUT2D eigenvalue weighted by Gasteiger charge is 2.21. The Morgan fingerprint density at radius 3 is 2.92 bits per heavy atom. The van der Waals surface area contributed by atoms with Crippen LogP contribution in [0.3, 0.4) is 0 Å². The number of nitrogens with two attached hydrogens (primary N) is 1. The summed E-state index contributed by atoms with van der Waals surface area (Å²) in [6.07, 6.45) is 2.57. The third kappa shape index (κ3) is 2.56. The Morgan fingerprint density at radius 1 is 1.62 bits per heavy atom. The summed E-state index contributed by atoms with van der Waals surface area (Å²) in [6, 6.07) is 4.44. The highest BCUT2D eigenvalue weighted by molar-refractivity contribution is 9.10. The number of nitrogens with one attached hydrogen (secondary N) is 1. The molecule has 1 aromatic heterocycles. The van der Waals surface area contributed by atoms with E-state index in [0.29, 0.717) is 6.04 Å². The summed E-state index contributed by atoms with van der Waals surface area (Å²) in [7, 11) is 0. The molecule has 0 bridgehead atoms. The first kappa shape index (κ1) is 9.24. The van der Waals surface area contributed by atoms with Crippen molar-refractivity contribution >= 4 is 15.9 Å². The summed E-state index contributed by atoms with van der Waals surface area (Å²) in [5, 5.41) is 3.36. The Kier molecular flexibility index (Phi) is 2.71. The van der Waals surface area contributed by atoms with Gasteiger partial charge in [-0.05, 0) is 40.9 Å². The lowest BCUT2D eigenvalue weighted by Crippen LogP contribution is -2.28. The Labute approximate surface area is 85.8 Å². The molecule has 0 spiro atoms. The maximum absolute atomic E-state index is 5.91. The van der Waals surface area contributed by atoms with Gasteiger partial charge in [0.1, 0.15) is 5.76 Å². The molecular formula is C9H13BrN2O. The summed E-state index contributed by atoms with van der Waals surface area (Å²) >= 11 is 3.25. The van der Waals surface area contributed by atoms with Crippen molar-refractivity contribution in [2.75, 3.05) is 6.54 Å². The normalized spacial score (nSPS) is 18.9. The van der Waals surface area contributed by atoms with Gasteiger partial charge in [-0.3, -0.25) is 0 Å². The molecule has 1 aliphatic rings. The van der Waals surface area contributed by atoms with Crippen molar-refractivity contribution in [2.45, 2.75) is 24.9 Å². The molecule has 0 aliphatic heterocycles. The van der Waals surface area contributed by atoms with E-state index in [1.807, 2.05) is 12.1 Å². The average Bonchev–Trinajstić information content (AvgIpc) is 2.84. The summed E-state index contributed by atoms with van der Waals surface area (Å²) < 4.78 is 6.09. The second-order valence-electron chi connectivity index (χ2n) is 3.43. The molecule has 3 nitrogen and oxygen atoms in total. The Morgan fingerprint density at radius 2 is 2.38 bits per heavy atom. The number of halogens is 1. The molecule has 3 N–H and O–H groups in total. The van der Waals surface area contributed by atoms with Crippen molar-refractivity contribution in [2.24, 2.45) is 5.73 Å². The molecule has 2 rings (SSSR count). The van der Waals surface area contributed by atoms with E-state index in [-0.39, 0.29) is 6.04 Å². The summed E-state index contributed by atoms with van der Waals surface area (Å²) in [6.45, 7) is 0.796. The van der Waals surface area contributed by atoms with Gasteiger partial charge in [-0.25, -0.2) is 0 Å². The van der Waals surface area contributed by atoms with Gasteiger partial charge in [-0.1, -0.05) is 0 Å². The summed E-state index contributed by atoms with van der Waals surface area (Å²) in [5.41, 5.74) is 5.91. The fraction of sp³-hybridized carbons (Fsp3) is 0.556. The molecule has 0 amide bonds. The molecule has 1 aromatic rings. The van der Waals surface area contributed by atoms with Crippen molar-refractivity contribution in [3.05, 3.63) is 22.6 Å². The molecule has 1 atom stereocenters. The zero-order chi connectivity index (χ0) is 9.26. The van der Waals surface area contributed by atoms with Crippen LogP contribution in [0.5, 0.6) is 0 Å². The lowest BCUT2D eigenvalue weighted by Gasteiger charge is -2.08. The fourth-order valence-corrected chi connectivity index (χ4v) is 1.53. The van der Waals surface area contributed by atoms with E-state index in [1.165, 1.54) is 12.8 Å². The molecule has 1 fully saturated rings. The van der Waals surface area contributed by atoms with E-state index in [9.17, 15) is 0 Å². The third-order valence-electron chi connectivity index (χ3n) is 2.16. The van der Waals surface area contributed by atoms with Crippen molar-refractivity contribution in [3.8, 4) is 0 Å². The van der Waals surface area contributed by atoms with Gasteiger partial charge in [0, 0.05) is 12.6 Å². The third-order valence-corrected chi connectivity index (χ3v) is 2.59. The minimum atomic E-state index is -0.0353. The Balaban J connectivity index is 1.84. The molecule has 4 heteroatoms. The number of hydrogen-bond acceptors (Lipinski definition) is 3. The Hall–Kier alpha value is -0.320. The standard InChI is InChI=1S/C9H13BrN2O/c10-9-4-3-8(13-9)7(11)5-12-6-1-2-6/h3-4,6-7,12H,1-2,5,11H2. The monoisotopic (exact) mass is 244 g/mol. The molecule has 72 valence electrons. The van der Waals surface area contributed by atoms with Crippen LogP contribution in [-0.2, 0) is 0 Å². The number of hydrogen-bond donors (Lipinski definition) is 2. The maximum atomic E-state index is 5.91. The van der Waals surface area contributed by atoms with Gasteiger partial charge in [-0.2, -0.15) is 0 Å². The zero-order valence-corrected chi connectivity index (χ0v) is 8.88. The van der Waals surface area contributed by atoms with Crippen LogP contribution in [0.2, 0.25) is 0 Å². The molecule has 13 heavy (non-hydrogen) atoms. The van der Waals surface area contributed by atoms with Crippen LogP contribution < -0.4 is 11.1 Å². The highest BCUT2D eigenvalue weighted by atomic mass is 79.9. The van der Waals surface area contributed by atoms with Crippen LogP contribution in [0.4, 0.5) is 0 Å². The van der Waals surface area contributed by atoms with Crippen LogP contribution in [0.15, 0.2) is 21.2 Å².